The zero-order chi connectivity index (χ0) is 24.2. The Kier molecular flexibility index (Phi) is 8.05. The summed E-state index contributed by atoms with van der Waals surface area (Å²) in [6.45, 7) is 2.38. The lowest BCUT2D eigenvalue weighted by Gasteiger charge is -2.27. The largest absolute Gasteiger partial charge is 0.457 e. The van der Waals surface area contributed by atoms with Crippen molar-refractivity contribution in [1.82, 2.24) is 4.90 Å². The molecule has 0 fully saturated rings. The van der Waals surface area contributed by atoms with Crippen molar-refractivity contribution in [3.63, 3.8) is 0 Å². The van der Waals surface area contributed by atoms with Crippen LogP contribution in [-0.4, -0.2) is 23.3 Å². The number of rotatable bonds is 7. The fourth-order valence-electron chi connectivity index (χ4n) is 4.26. The van der Waals surface area contributed by atoms with Gasteiger partial charge in [0.15, 0.2) is 0 Å². The third-order valence-corrected chi connectivity index (χ3v) is 7.09. The highest BCUT2D eigenvalue weighted by molar-refractivity contribution is 7.17. The lowest BCUT2D eigenvalue weighted by atomic mass is 10.0. The minimum atomic E-state index is -0.513. The molecule has 184 valence electrons. The normalized spacial score (nSPS) is 12.8. The second-order valence-electron chi connectivity index (χ2n) is 8.41. The van der Waals surface area contributed by atoms with Gasteiger partial charge in [0.2, 0.25) is 0 Å². The molecule has 6 nitrogen and oxygen atoms in total. The predicted molar refractivity (Wildman–Crippen MR) is 145 cm³/mol. The second kappa shape index (κ2) is 11.4. The number of carbonyl (C=O) groups excluding carboxylic acids is 2. The smallest absolute Gasteiger partial charge is 0.256 e. The first-order chi connectivity index (χ1) is 17.1. The first kappa shape index (κ1) is 25.4. The molecule has 2 amide bonds. The van der Waals surface area contributed by atoms with Crippen molar-refractivity contribution in [1.29, 1.82) is 0 Å². The number of carbonyl (C=O) groups is 2. The number of halogens is 1. The van der Waals surface area contributed by atoms with E-state index < -0.39 is 5.91 Å². The molecule has 0 radical (unpaired) electrons. The monoisotopic (exact) mass is 519 g/mol. The van der Waals surface area contributed by atoms with E-state index in [-0.39, 0.29) is 18.3 Å². The number of para-hydroxylation sites is 1. The Morgan fingerprint density at radius 3 is 2.22 bits per heavy atom. The highest BCUT2D eigenvalue weighted by Crippen LogP contribution is 2.37. The molecule has 0 saturated heterocycles. The van der Waals surface area contributed by atoms with Gasteiger partial charge in [0.1, 0.15) is 16.5 Å². The molecule has 8 heteroatoms. The zero-order valence-electron chi connectivity index (χ0n) is 19.5. The van der Waals surface area contributed by atoms with Crippen molar-refractivity contribution < 1.29 is 14.3 Å². The summed E-state index contributed by atoms with van der Waals surface area (Å²) in [6.07, 6.45) is 0.721. The van der Waals surface area contributed by atoms with Gasteiger partial charge in [0, 0.05) is 30.1 Å². The summed E-state index contributed by atoms with van der Waals surface area (Å²) in [6, 6.07) is 26.7. The topological polar surface area (TPSA) is 84.7 Å². The van der Waals surface area contributed by atoms with Crippen molar-refractivity contribution in [2.24, 2.45) is 5.73 Å². The van der Waals surface area contributed by atoms with Gasteiger partial charge in [0.05, 0.1) is 5.56 Å². The fraction of sp³-hybridized carbons (Fsp3) is 0.143. The molecule has 0 bridgehead atoms. The Labute approximate surface area is 220 Å². The molecule has 5 rings (SSSR count). The number of hydrogen-bond donors (Lipinski definition) is 2. The molecule has 0 unspecified atom stereocenters. The maximum absolute atomic E-state index is 13.0. The van der Waals surface area contributed by atoms with E-state index in [4.69, 9.17) is 10.5 Å². The quantitative estimate of drug-likeness (QED) is 0.320. The van der Waals surface area contributed by atoms with Crippen LogP contribution in [0.25, 0.3) is 0 Å². The van der Waals surface area contributed by atoms with Gasteiger partial charge >= 0.3 is 0 Å². The Bertz CT molecular complexity index is 1340. The van der Waals surface area contributed by atoms with Crippen LogP contribution in [0.4, 0.5) is 5.00 Å². The number of hydrogen-bond acceptors (Lipinski definition) is 5. The molecule has 4 aromatic rings. The maximum Gasteiger partial charge on any atom is 0.256 e. The number of benzene rings is 3. The summed E-state index contributed by atoms with van der Waals surface area (Å²) in [4.78, 5) is 28.7. The van der Waals surface area contributed by atoms with Crippen molar-refractivity contribution >= 4 is 40.6 Å². The number of thiophene rings is 1. The molecule has 0 spiro atoms. The van der Waals surface area contributed by atoms with Crippen molar-refractivity contribution in [3.8, 4) is 11.5 Å². The third-order valence-electron chi connectivity index (χ3n) is 5.95. The summed E-state index contributed by atoms with van der Waals surface area (Å²) < 4.78 is 5.79. The van der Waals surface area contributed by atoms with Crippen LogP contribution in [0.15, 0.2) is 84.9 Å². The standard InChI is InChI=1S/C28H25N3O3S.ClH/c29-26(32)25-23-15-16-31(17-19-7-3-1-4-8-19)18-24(23)35-28(25)30-27(33)20-11-13-22(14-12-20)34-21-9-5-2-6-10-21;/h1-14H,15-18H2,(H2,29,32)(H,30,33);1H. The Morgan fingerprint density at radius 1 is 0.917 bits per heavy atom. The lowest BCUT2D eigenvalue weighted by molar-refractivity contribution is 0.0999. The van der Waals surface area contributed by atoms with Crippen LogP contribution in [0, 0.1) is 0 Å². The highest BCUT2D eigenvalue weighted by atomic mass is 35.5. The van der Waals surface area contributed by atoms with E-state index in [1.54, 1.807) is 24.3 Å². The van der Waals surface area contributed by atoms with Crippen LogP contribution >= 0.6 is 23.7 Å². The van der Waals surface area contributed by atoms with Gasteiger partial charge in [0.25, 0.3) is 11.8 Å². The molecule has 0 aliphatic carbocycles. The van der Waals surface area contributed by atoms with Gasteiger partial charge in [-0.15, -0.1) is 23.7 Å². The van der Waals surface area contributed by atoms with Gasteiger partial charge in [-0.2, -0.15) is 0 Å². The Morgan fingerprint density at radius 2 is 1.56 bits per heavy atom. The van der Waals surface area contributed by atoms with Crippen molar-refractivity contribution in [3.05, 3.63) is 112 Å². The van der Waals surface area contributed by atoms with Crippen molar-refractivity contribution in [2.45, 2.75) is 19.5 Å². The number of ether oxygens (including phenoxy) is 1. The van der Waals surface area contributed by atoms with Gasteiger partial charge in [-0.1, -0.05) is 48.5 Å². The number of nitrogens with zero attached hydrogens (tertiary/aromatic N) is 1. The summed E-state index contributed by atoms with van der Waals surface area (Å²) in [5, 5.41) is 3.43. The van der Waals surface area contributed by atoms with E-state index in [2.05, 4.69) is 22.3 Å². The molecule has 0 saturated carbocycles. The number of nitrogens with one attached hydrogen (secondary N) is 1. The lowest BCUT2D eigenvalue weighted by Crippen LogP contribution is -2.30. The fourth-order valence-corrected chi connectivity index (χ4v) is 5.55. The highest BCUT2D eigenvalue weighted by Gasteiger charge is 2.28. The number of primary amides is 1. The van der Waals surface area contributed by atoms with Crippen LogP contribution in [0.3, 0.4) is 0 Å². The van der Waals surface area contributed by atoms with Gasteiger partial charge in [-0.05, 0) is 53.9 Å². The van der Waals surface area contributed by atoms with Gasteiger partial charge in [-0.3, -0.25) is 14.5 Å². The van der Waals surface area contributed by atoms with Gasteiger partial charge in [-0.25, -0.2) is 0 Å². The summed E-state index contributed by atoms with van der Waals surface area (Å²) in [5.74, 6) is 0.552. The van der Waals surface area contributed by atoms with Crippen LogP contribution in [-0.2, 0) is 19.5 Å². The molecule has 2 heterocycles. The number of nitrogens with two attached hydrogens (primary N) is 1. The predicted octanol–water partition coefficient (Wildman–Crippen LogP) is 5.87. The minimum Gasteiger partial charge on any atom is -0.457 e. The minimum absolute atomic E-state index is 0. The van der Waals surface area contributed by atoms with Crippen LogP contribution in [0.1, 0.15) is 36.7 Å². The third kappa shape index (κ3) is 5.76. The van der Waals surface area contributed by atoms with E-state index in [0.29, 0.717) is 21.9 Å². The van der Waals surface area contributed by atoms with Crippen LogP contribution in [0.2, 0.25) is 0 Å². The SMILES string of the molecule is Cl.NC(=O)c1c(NC(=O)c2ccc(Oc3ccccc3)cc2)sc2c1CCN(Cc1ccccc1)C2. The first-order valence-electron chi connectivity index (χ1n) is 11.4. The average molecular weight is 520 g/mol. The molecule has 36 heavy (non-hydrogen) atoms. The molecule has 3 aromatic carbocycles. The molecular weight excluding hydrogens is 494 g/mol. The molecule has 1 aromatic heterocycles. The second-order valence-corrected chi connectivity index (χ2v) is 9.52. The van der Waals surface area contributed by atoms with Crippen LogP contribution in [0.5, 0.6) is 11.5 Å². The Balaban J connectivity index is 0.00000304. The number of fused-ring (bicyclic) bond motifs is 1. The van der Waals surface area contributed by atoms with Gasteiger partial charge < -0.3 is 15.8 Å². The van der Waals surface area contributed by atoms with E-state index >= 15 is 0 Å². The van der Waals surface area contributed by atoms with E-state index in [9.17, 15) is 9.59 Å². The van der Waals surface area contributed by atoms with E-state index in [1.165, 1.54) is 16.9 Å². The van der Waals surface area contributed by atoms with E-state index in [0.717, 1.165) is 42.2 Å². The van der Waals surface area contributed by atoms with Crippen LogP contribution < -0.4 is 15.8 Å². The molecule has 0 atom stereocenters. The molecule has 1 aliphatic rings. The van der Waals surface area contributed by atoms with Crippen molar-refractivity contribution in [2.75, 3.05) is 11.9 Å². The molecular formula is C28H26ClN3O3S. The van der Waals surface area contributed by atoms with E-state index in [1.807, 2.05) is 48.5 Å². The summed E-state index contributed by atoms with van der Waals surface area (Å²) >= 11 is 1.43. The number of anilines is 1. The Hall–Kier alpha value is -3.65. The molecule has 1 aliphatic heterocycles. The maximum atomic E-state index is 13.0. The summed E-state index contributed by atoms with van der Waals surface area (Å²) in [7, 11) is 0. The summed E-state index contributed by atoms with van der Waals surface area (Å²) in [5.41, 5.74) is 8.84. The zero-order valence-corrected chi connectivity index (χ0v) is 21.1. The first-order valence-corrected chi connectivity index (χ1v) is 12.2. The number of amides is 2. The molecule has 3 N–H and O–H groups in total. The average Bonchev–Trinajstić information content (AvgIpc) is 3.23.